The minimum Gasteiger partial charge on any atom is -0.408 e. The maximum absolute atomic E-state index is 12.8. The summed E-state index contributed by atoms with van der Waals surface area (Å²) in [6.07, 6.45) is 4.78. The van der Waals surface area contributed by atoms with E-state index in [4.69, 9.17) is 4.42 Å². The smallest absolute Gasteiger partial charge is 0.408 e. The minimum absolute atomic E-state index is 0.0200. The lowest BCUT2D eigenvalue weighted by atomic mass is 10.0. The summed E-state index contributed by atoms with van der Waals surface area (Å²) >= 11 is 1.58. The Bertz CT molecular complexity index is 976. The molecule has 3 heterocycles. The van der Waals surface area contributed by atoms with E-state index < -0.39 is 0 Å². The molecule has 26 heavy (non-hydrogen) atoms. The molecule has 0 bridgehead atoms. The second-order valence-corrected chi connectivity index (χ2v) is 7.23. The highest BCUT2D eigenvalue weighted by Gasteiger charge is 2.29. The van der Waals surface area contributed by atoms with Gasteiger partial charge in [0.15, 0.2) is 5.58 Å². The van der Waals surface area contributed by atoms with Gasteiger partial charge in [-0.3, -0.25) is 4.57 Å². The molecule has 0 radical (unpaired) electrons. The lowest BCUT2D eigenvalue weighted by Gasteiger charge is -2.34. The quantitative estimate of drug-likeness (QED) is 0.758. The number of anilines is 1. The van der Waals surface area contributed by atoms with Crippen molar-refractivity contribution in [1.29, 1.82) is 0 Å². The van der Waals surface area contributed by atoms with E-state index in [9.17, 15) is 9.59 Å². The zero-order chi connectivity index (χ0) is 18.1. The third-order valence-corrected chi connectivity index (χ3v) is 5.61. The van der Waals surface area contributed by atoms with Crippen molar-refractivity contribution in [2.24, 2.45) is 0 Å². The van der Waals surface area contributed by atoms with Gasteiger partial charge in [0, 0.05) is 36.4 Å². The van der Waals surface area contributed by atoms with Crippen molar-refractivity contribution >= 4 is 34.2 Å². The topological polar surface area (TPSA) is 80.4 Å². The number of likely N-dealkylation sites (tertiary alicyclic amines) is 1. The fourth-order valence-electron chi connectivity index (χ4n) is 3.47. The van der Waals surface area contributed by atoms with Crippen LogP contribution in [0, 0.1) is 0 Å². The molecule has 1 aromatic carbocycles. The van der Waals surface area contributed by atoms with E-state index in [1.165, 1.54) is 0 Å². The molecule has 1 N–H and O–H groups in total. The molecule has 1 fully saturated rings. The van der Waals surface area contributed by atoms with Crippen LogP contribution < -0.4 is 11.1 Å². The van der Waals surface area contributed by atoms with Gasteiger partial charge in [0.05, 0.1) is 11.6 Å². The molecule has 1 aliphatic rings. The molecule has 0 aliphatic carbocycles. The number of benzene rings is 1. The Morgan fingerprint density at radius 3 is 3.08 bits per heavy atom. The molecule has 3 aromatic rings. The molecule has 1 aliphatic heterocycles. The lowest BCUT2D eigenvalue weighted by molar-refractivity contribution is 0.163. The molecule has 2 amide bonds. The molecule has 0 unspecified atom stereocenters. The summed E-state index contributed by atoms with van der Waals surface area (Å²) in [7, 11) is 0. The average Bonchev–Trinajstić information content (AvgIpc) is 3.28. The molecule has 1 saturated heterocycles. The number of nitrogens with one attached hydrogen (secondary N) is 1. The molecule has 0 saturated carbocycles. The second kappa shape index (κ2) is 6.95. The number of rotatable bonds is 3. The highest BCUT2D eigenvalue weighted by molar-refractivity contribution is 7.09. The standard InChI is InChI=1S/C18H20N4O3S/c1-2-21-13-7-6-12(11-15(13)25-18(21)24)20-17(23)22-9-4-3-5-14(22)16-19-8-10-26-16/h6-8,10-11,14H,2-5,9H2,1H3,(H,20,23)/t14-/m0/s1. The number of aromatic nitrogens is 2. The minimum atomic E-state index is -0.383. The number of hydrogen-bond donors (Lipinski definition) is 1. The molecule has 1 atom stereocenters. The highest BCUT2D eigenvalue weighted by Crippen LogP contribution is 2.32. The Labute approximate surface area is 154 Å². The Morgan fingerprint density at radius 2 is 2.31 bits per heavy atom. The number of carbonyl (C=O) groups is 1. The molecular formula is C18H20N4O3S. The number of amides is 2. The van der Waals surface area contributed by atoms with Gasteiger partial charge in [0.2, 0.25) is 0 Å². The van der Waals surface area contributed by atoms with Crippen molar-refractivity contribution in [3.8, 4) is 0 Å². The highest BCUT2D eigenvalue weighted by atomic mass is 32.1. The van der Waals surface area contributed by atoms with Gasteiger partial charge < -0.3 is 14.6 Å². The van der Waals surface area contributed by atoms with Gasteiger partial charge in [-0.2, -0.15) is 0 Å². The van der Waals surface area contributed by atoms with E-state index in [0.29, 0.717) is 24.4 Å². The van der Waals surface area contributed by atoms with Crippen molar-refractivity contribution in [2.45, 2.75) is 38.8 Å². The van der Waals surface area contributed by atoms with Crippen LogP contribution in [0.2, 0.25) is 0 Å². The van der Waals surface area contributed by atoms with E-state index in [1.54, 1.807) is 40.3 Å². The predicted octanol–water partition coefficient (Wildman–Crippen LogP) is 3.83. The molecule has 7 nitrogen and oxygen atoms in total. The van der Waals surface area contributed by atoms with Crippen molar-refractivity contribution in [2.75, 3.05) is 11.9 Å². The van der Waals surface area contributed by atoms with Gasteiger partial charge >= 0.3 is 11.8 Å². The summed E-state index contributed by atoms with van der Waals surface area (Å²) in [4.78, 5) is 30.9. The maximum Gasteiger partial charge on any atom is 0.419 e. The van der Waals surface area contributed by atoms with Crippen molar-refractivity contribution in [1.82, 2.24) is 14.5 Å². The zero-order valence-corrected chi connectivity index (χ0v) is 15.3. The van der Waals surface area contributed by atoms with Crippen LogP contribution in [-0.4, -0.2) is 27.0 Å². The lowest BCUT2D eigenvalue weighted by Crippen LogP contribution is -2.41. The predicted molar refractivity (Wildman–Crippen MR) is 101 cm³/mol. The third kappa shape index (κ3) is 3.01. The monoisotopic (exact) mass is 372 g/mol. The summed E-state index contributed by atoms with van der Waals surface area (Å²) in [6, 6.07) is 5.16. The van der Waals surface area contributed by atoms with Gasteiger partial charge in [0.1, 0.15) is 5.01 Å². The zero-order valence-electron chi connectivity index (χ0n) is 14.5. The van der Waals surface area contributed by atoms with Crippen LogP contribution in [0.25, 0.3) is 11.1 Å². The van der Waals surface area contributed by atoms with Crippen LogP contribution >= 0.6 is 11.3 Å². The molecule has 136 valence electrons. The molecule has 2 aromatic heterocycles. The number of piperidine rings is 1. The normalized spacial score (nSPS) is 17.6. The largest absolute Gasteiger partial charge is 0.419 e. The first-order chi connectivity index (χ1) is 12.7. The number of oxazole rings is 1. The Hall–Kier alpha value is -2.61. The fraction of sp³-hybridized carbons (Fsp3) is 0.389. The number of urea groups is 1. The van der Waals surface area contributed by atoms with Gasteiger partial charge in [-0.05, 0) is 38.3 Å². The van der Waals surface area contributed by atoms with Crippen LogP contribution in [0.4, 0.5) is 10.5 Å². The van der Waals surface area contributed by atoms with Crippen molar-refractivity contribution < 1.29 is 9.21 Å². The van der Waals surface area contributed by atoms with Crippen LogP contribution in [-0.2, 0) is 6.54 Å². The fourth-order valence-corrected chi connectivity index (χ4v) is 4.25. The summed E-state index contributed by atoms with van der Waals surface area (Å²) in [5.41, 5.74) is 1.82. The SMILES string of the molecule is CCn1c(=O)oc2cc(NC(=O)N3CCCC[C@H]3c3nccs3)ccc21. The summed E-state index contributed by atoms with van der Waals surface area (Å²) in [6.45, 7) is 3.14. The van der Waals surface area contributed by atoms with E-state index >= 15 is 0 Å². The average molecular weight is 372 g/mol. The van der Waals surface area contributed by atoms with Gasteiger partial charge in [0.25, 0.3) is 0 Å². The van der Waals surface area contributed by atoms with Crippen LogP contribution in [0.15, 0.2) is 39.0 Å². The number of nitrogens with zero attached hydrogens (tertiary/aromatic N) is 3. The number of carbonyl (C=O) groups excluding carboxylic acids is 1. The van der Waals surface area contributed by atoms with Crippen LogP contribution in [0.1, 0.15) is 37.2 Å². The van der Waals surface area contributed by atoms with Crippen LogP contribution in [0.3, 0.4) is 0 Å². The maximum atomic E-state index is 12.8. The molecular weight excluding hydrogens is 352 g/mol. The van der Waals surface area contributed by atoms with E-state index in [2.05, 4.69) is 10.3 Å². The van der Waals surface area contributed by atoms with Crippen LogP contribution in [0.5, 0.6) is 0 Å². The number of aryl methyl sites for hydroxylation is 1. The Balaban J connectivity index is 1.57. The number of hydrogen-bond acceptors (Lipinski definition) is 5. The van der Waals surface area contributed by atoms with Gasteiger partial charge in [-0.15, -0.1) is 11.3 Å². The van der Waals surface area contributed by atoms with Crippen molar-refractivity contribution in [3.05, 3.63) is 45.3 Å². The van der Waals surface area contributed by atoms with E-state index in [1.807, 2.05) is 17.2 Å². The van der Waals surface area contributed by atoms with Gasteiger partial charge in [-0.25, -0.2) is 14.6 Å². The molecule has 8 heteroatoms. The number of fused-ring (bicyclic) bond motifs is 1. The first-order valence-corrected chi connectivity index (χ1v) is 9.65. The van der Waals surface area contributed by atoms with Gasteiger partial charge in [-0.1, -0.05) is 0 Å². The van der Waals surface area contributed by atoms with E-state index in [0.717, 1.165) is 29.8 Å². The van der Waals surface area contributed by atoms with E-state index in [-0.39, 0.29) is 17.8 Å². The first kappa shape index (κ1) is 16.8. The molecule has 4 rings (SSSR count). The second-order valence-electron chi connectivity index (χ2n) is 6.30. The summed E-state index contributed by atoms with van der Waals surface area (Å²) in [5.74, 6) is -0.383. The third-order valence-electron chi connectivity index (χ3n) is 4.74. The Kier molecular flexibility index (Phi) is 4.50. The van der Waals surface area contributed by atoms with Crippen molar-refractivity contribution in [3.63, 3.8) is 0 Å². The summed E-state index contributed by atoms with van der Waals surface area (Å²) in [5, 5.41) is 5.85. The number of thiazole rings is 1. The molecule has 0 spiro atoms. The summed E-state index contributed by atoms with van der Waals surface area (Å²) < 4.78 is 6.83. The first-order valence-electron chi connectivity index (χ1n) is 8.78. The Morgan fingerprint density at radius 1 is 1.42 bits per heavy atom.